The van der Waals surface area contributed by atoms with Gasteiger partial charge in [0.15, 0.2) is 0 Å². The van der Waals surface area contributed by atoms with Gasteiger partial charge in [0, 0.05) is 11.4 Å². The summed E-state index contributed by atoms with van der Waals surface area (Å²) in [5, 5.41) is 11.2. The van der Waals surface area contributed by atoms with Crippen molar-refractivity contribution < 1.29 is 24.2 Å². The van der Waals surface area contributed by atoms with E-state index in [2.05, 4.69) is 5.32 Å². The Kier molecular flexibility index (Phi) is 6.77. The summed E-state index contributed by atoms with van der Waals surface area (Å²) in [5.41, 5.74) is 1.02. The summed E-state index contributed by atoms with van der Waals surface area (Å²) in [7, 11) is 0. The van der Waals surface area contributed by atoms with Gasteiger partial charge in [0.1, 0.15) is 17.2 Å². The lowest BCUT2D eigenvalue weighted by molar-refractivity contribution is -0.142. The molecule has 7 heteroatoms. The molecule has 0 aliphatic heterocycles. The number of nitrogens with one attached hydrogen (secondary N) is 1. The molecular weight excluding hydrogens is 330 g/mol. The van der Waals surface area contributed by atoms with Crippen LogP contribution in [0.25, 0.3) is 10.4 Å². The van der Waals surface area contributed by atoms with Gasteiger partial charge in [0.2, 0.25) is 0 Å². The van der Waals surface area contributed by atoms with Crippen LogP contribution in [0.4, 0.5) is 0 Å². The average Bonchev–Trinajstić information content (AvgIpc) is 2.99. The zero-order valence-electron chi connectivity index (χ0n) is 13.3. The van der Waals surface area contributed by atoms with E-state index >= 15 is 0 Å². The Hall–Kier alpha value is -2.38. The van der Waals surface area contributed by atoms with Crippen LogP contribution in [-0.4, -0.2) is 43.3 Å². The van der Waals surface area contributed by atoms with Crippen molar-refractivity contribution in [3.05, 3.63) is 41.3 Å². The predicted octanol–water partition coefficient (Wildman–Crippen LogP) is 2.64. The second-order valence-corrected chi connectivity index (χ2v) is 5.86. The molecule has 0 spiro atoms. The minimum Gasteiger partial charge on any atom is -0.492 e. The number of benzene rings is 1. The van der Waals surface area contributed by atoms with Crippen molar-refractivity contribution in [3.8, 4) is 16.2 Å². The summed E-state index contributed by atoms with van der Waals surface area (Å²) in [5.74, 6) is -0.749. The lowest BCUT2D eigenvalue weighted by Crippen LogP contribution is -2.27. The topological polar surface area (TPSA) is 84.9 Å². The lowest BCUT2D eigenvalue weighted by atomic mass is 10.2. The summed E-state index contributed by atoms with van der Waals surface area (Å²) < 4.78 is 10.5. The molecule has 1 aromatic carbocycles. The maximum Gasteiger partial charge on any atom is 0.329 e. The molecule has 0 radical (unpaired) electrons. The second kappa shape index (κ2) is 9.05. The monoisotopic (exact) mass is 349 g/mol. The Morgan fingerprint density at radius 1 is 1.25 bits per heavy atom. The highest BCUT2D eigenvalue weighted by atomic mass is 32.1. The van der Waals surface area contributed by atoms with Crippen LogP contribution >= 0.6 is 11.3 Å². The Morgan fingerprint density at radius 2 is 2.00 bits per heavy atom. The Balaban J connectivity index is 2.03. The van der Waals surface area contributed by atoms with E-state index in [0.717, 1.165) is 10.4 Å². The number of aliphatic carboxylic acids is 1. The van der Waals surface area contributed by atoms with Gasteiger partial charge in [-0.05, 0) is 18.6 Å². The fourth-order valence-electron chi connectivity index (χ4n) is 2.02. The van der Waals surface area contributed by atoms with Gasteiger partial charge in [0.05, 0.1) is 13.2 Å². The number of thiophene rings is 1. The highest BCUT2D eigenvalue weighted by Crippen LogP contribution is 2.36. The van der Waals surface area contributed by atoms with Crippen LogP contribution < -0.4 is 10.1 Å². The maximum absolute atomic E-state index is 12.3. The van der Waals surface area contributed by atoms with Gasteiger partial charge in [-0.15, -0.1) is 11.3 Å². The SMILES string of the molecule is CCOc1cc(-c2ccccc2)sc1C(=O)NCCOCC(=O)O. The number of carboxylic acids is 1. The molecular formula is C17H19NO5S. The molecule has 24 heavy (non-hydrogen) atoms. The van der Waals surface area contributed by atoms with E-state index in [1.165, 1.54) is 11.3 Å². The third-order valence-electron chi connectivity index (χ3n) is 3.02. The van der Waals surface area contributed by atoms with Crippen molar-refractivity contribution in [3.63, 3.8) is 0 Å². The highest BCUT2D eigenvalue weighted by Gasteiger charge is 2.18. The van der Waals surface area contributed by atoms with Crippen LogP contribution in [0, 0.1) is 0 Å². The van der Waals surface area contributed by atoms with Gasteiger partial charge < -0.3 is 19.9 Å². The smallest absolute Gasteiger partial charge is 0.329 e. The molecule has 2 rings (SSSR count). The quantitative estimate of drug-likeness (QED) is 0.680. The first-order valence-electron chi connectivity index (χ1n) is 7.51. The van der Waals surface area contributed by atoms with Crippen molar-refractivity contribution in [2.24, 2.45) is 0 Å². The number of carbonyl (C=O) groups excluding carboxylic acids is 1. The summed E-state index contributed by atoms with van der Waals surface area (Å²) in [6.45, 7) is 2.32. The number of hydrogen-bond acceptors (Lipinski definition) is 5. The standard InChI is InChI=1S/C17H19NO5S/c1-2-23-13-10-14(12-6-4-3-5-7-12)24-16(13)17(21)18-8-9-22-11-15(19)20/h3-7,10H,2,8-9,11H2,1H3,(H,18,21)(H,19,20). The van der Waals surface area contributed by atoms with E-state index in [0.29, 0.717) is 17.2 Å². The number of hydrogen-bond donors (Lipinski definition) is 2. The van der Waals surface area contributed by atoms with Crippen LogP contribution in [0.2, 0.25) is 0 Å². The molecule has 0 fully saturated rings. The fourth-order valence-corrected chi connectivity index (χ4v) is 3.04. The van der Waals surface area contributed by atoms with Crippen LogP contribution in [0.5, 0.6) is 5.75 Å². The van der Waals surface area contributed by atoms with E-state index in [-0.39, 0.29) is 25.7 Å². The normalized spacial score (nSPS) is 10.4. The minimum atomic E-state index is -1.04. The molecule has 1 heterocycles. The van der Waals surface area contributed by atoms with Gasteiger partial charge in [-0.1, -0.05) is 30.3 Å². The molecule has 2 N–H and O–H groups in total. The molecule has 128 valence electrons. The number of rotatable bonds is 9. The maximum atomic E-state index is 12.3. The number of amides is 1. The molecule has 0 bridgehead atoms. The number of carboxylic acid groups (broad SMARTS) is 1. The summed E-state index contributed by atoms with van der Waals surface area (Å²) in [4.78, 5) is 24.1. The van der Waals surface area contributed by atoms with Gasteiger partial charge in [0.25, 0.3) is 5.91 Å². The molecule has 6 nitrogen and oxygen atoms in total. The first-order chi connectivity index (χ1) is 11.6. The van der Waals surface area contributed by atoms with E-state index < -0.39 is 5.97 Å². The molecule has 1 aromatic heterocycles. The van der Waals surface area contributed by atoms with Crippen LogP contribution in [0.15, 0.2) is 36.4 Å². The summed E-state index contributed by atoms with van der Waals surface area (Å²) in [6.07, 6.45) is 0. The van der Waals surface area contributed by atoms with Gasteiger partial charge in [-0.2, -0.15) is 0 Å². The third kappa shape index (κ3) is 5.07. The van der Waals surface area contributed by atoms with Crippen LogP contribution in [0.1, 0.15) is 16.6 Å². The zero-order chi connectivity index (χ0) is 17.4. The first-order valence-corrected chi connectivity index (χ1v) is 8.33. The number of carbonyl (C=O) groups is 2. The Labute approximate surface area is 144 Å². The predicted molar refractivity (Wildman–Crippen MR) is 91.7 cm³/mol. The van der Waals surface area contributed by atoms with Gasteiger partial charge in [-0.3, -0.25) is 4.79 Å². The van der Waals surface area contributed by atoms with E-state index in [4.69, 9.17) is 14.6 Å². The minimum absolute atomic E-state index is 0.138. The molecule has 1 amide bonds. The van der Waals surface area contributed by atoms with Crippen LogP contribution in [-0.2, 0) is 9.53 Å². The van der Waals surface area contributed by atoms with Gasteiger partial charge in [-0.25, -0.2) is 4.79 Å². The molecule has 0 unspecified atom stereocenters. The van der Waals surface area contributed by atoms with Crippen molar-refractivity contribution >= 4 is 23.2 Å². The Morgan fingerprint density at radius 3 is 2.67 bits per heavy atom. The van der Waals surface area contributed by atoms with E-state index in [1.54, 1.807) is 0 Å². The van der Waals surface area contributed by atoms with Crippen molar-refractivity contribution in [2.45, 2.75) is 6.92 Å². The average molecular weight is 349 g/mol. The first kappa shape index (κ1) is 18.0. The number of ether oxygens (including phenoxy) is 2. The lowest BCUT2D eigenvalue weighted by Gasteiger charge is -2.06. The largest absolute Gasteiger partial charge is 0.492 e. The van der Waals surface area contributed by atoms with Crippen molar-refractivity contribution in [2.75, 3.05) is 26.4 Å². The van der Waals surface area contributed by atoms with Gasteiger partial charge >= 0.3 is 5.97 Å². The van der Waals surface area contributed by atoms with E-state index in [9.17, 15) is 9.59 Å². The fraction of sp³-hybridized carbons (Fsp3) is 0.294. The van der Waals surface area contributed by atoms with Crippen LogP contribution in [0.3, 0.4) is 0 Å². The molecule has 0 aliphatic carbocycles. The van der Waals surface area contributed by atoms with E-state index in [1.807, 2.05) is 43.3 Å². The highest BCUT2D eigenvalue weighted by molar-refractivity contribution is 7.17. The molecule has 0 saturated heterocycles. The molecule has 0 saturated carbocycles. The molecule has 0 atom stereocenters. The van der Waals surface area contributed by atoms with Crippen molar-refractivity contribution in [1.82, 2.24) is 5.32 Å². The zero-order valence-corrected chi connectivity index (χ0v) is 14.1. The molecule has 2 aromatic rings. The third-order valence-corrected chi connectivity index (χ3v) is 4.18. The van der Waals surface area contributed by atoms with Crippen molar-refractivity contribution in [1.29, 1.82) is 0 Å². The second-order valence-electron chi connectivity index (χ2n) is 4.81. The molecule has 0 aliphatic rings. The summed E-state index contributed by atoms with van der Waals surface area (Å²) >= 11 is 1.36. The Bertz CT molecular complexity index is 684. The summed E-state index contributed by atoms with van der Waals surface area (Å²) in [6, 6.07) is 11.6.